The molecule has 0 aliphatic rings. The average molecular weight is 232 g/mol. The van der Waals surface area contributed by atoms with Gasteiger partial charge < -0.3 is 0 Å². The molecule has 0 fully saturated rings. The third-order valence-corrected chi connectivity index (χ3v) is 3.62. The van der Waals surface area contributed by atoms with Gasteiger partial charge in [-0.1, -0.05) is 53.1 Å². The molecule has 1 aromatic rings. The number of halogens is 1. The third kappa shape index (κ3) is 2.48. The Labute approximate surface area is 95.5 Å². The minimum atomic E-state index is 0.0388. The Hall–Kier alpha value is -0.0800. The molecule has 1 heterocycles. The lowest BCUT2D eigenvalue weighted by Crippen LogP contribution is -2.15. The summed E-state index contributed by atoms with van der Waals surface area (Å²) in [6.07, 6.45) is 0. The highest BCUT2D eigenvalue weighted by Crippen LogP contribution is 2.37. The summed E-state index contributed by atoms with van der Waals surface area (Å²) in [4.78, 5) is 4.64. The largest absolute Gasteiger partial charge is 0.244 e. The van der Waals surface area contributed by atoms with Crippen molar-refractivity contribution in [1.29, 1.82) is 0 Å². The maximum absolute atomic E-state index is 6.19. The van der Waals surface area contributed by atoms with Crippen LogP contribution >= 0.6 is 22.9 Å². The van der Waals surface area contributed by atoms with Gasteiger partial charge in [0.25, 0.3) is 0 Å². The van der Waals surface area contributed by atoms with Gasteiger partial charge in [0.05, 0.1) is 10.7 Å². The van der Waals surface area contributed by atoms with Crippen LogP contribution in [0, 0.1) is 0 Å². The molecule has 0 saturated carbocycles. The lowest BCUT2D eigenvalue weighted by atomic mass is 9.92. The van der Waals surface area contributed by atoms with Gasteiger partial charge in [-0.3, -0.25) is 0 Å². The number of hydrogen-bond acceptors (Lipinski definition) is 2. The fraction of sp³-hybridized carbons (Fsp3) is 0.727. The highest BCUT2D eigenvalue weighted by atomic mass is 35.5. The first kappa shape index (κ1) is 12.0. The van der Waals surface area contributed by atoms with Gasteiger partial charge in [0, 0.05) is 10.8 Å². The van der Waals surface area contributed by atoms with Crippen LogP contribution in [0.2, 0.25) is 4.34 Å². The van der Waals surface area contributed by atoms with Crippen molar-refractivity contribution in [3.63, 3.8) is 0 Å². The maximum Gasteiger partial charge on any atom is 0.117 e. The normalized spacial score (nSPS) is 13.4. The first-order valence-electron chi connectivity index (χ1n) is 4.79. The van der Waals surface area contributed by atoms with Crippen molar-refractivity contribution in [3.8, 4) is 0 Å². The van der Waals surface area contributed by atoms with Crippen LogP contribution in [0.3, 0.4) is 0 Å². The monoisotopic (exact) mass is 231 g/mol. The molecule has 0 aliphatic heterocycles. The number of aromatic nitrogens is 1. The summed E-state index contributed by atoms with van der Waals surface area (Å²) in [6, 6.07) is 0. The predicted molar refractivity (Wildman–Crippen MR) is 64.5 cm³/mol. The van der Waals surface area contributed by atoms with Crippen molar-refractivity contribution in [2.24, 2.45) is 0 Å². The van der Waals surface area contributed by atoms with Gasteiger partial charge in [0.1, 0.15) is 4.34 Å². The molecule has 0 bridgehead atoms. The molecule has 80 valence electrons. The van der Waals surface area contributed by atoms with E-state index in [1.54, 1.807) is 11.3 Å². The predicted octanol–water partition coefficient (Wildman–Crippen LogP) is 4.39. The Balaban J connectivity index is 3.19. The van der Waals surface area contributed by atoms with Crippen LogP contribution in [0.15, 0.2) is 0 Å². The molecule has 14 heavy (non-hydrogen) atoms. The molecule has 1 nitrogen and oxygen atoms in total. The fourth-order valence-electron chi connectivity index (χ4n) is 1.08. The highest BCUT2D eigenvalue weighted by molar-refractivity contribution is 7.16. The van der Waals surface area contributed by atoms with Crippen molar-refractivity contribution >= 4 is 22.9 Å². The molecule has 0 amide bonds. The van der Waals surface area contributed by atoms with E-state index in [0.29, 0.717) is 0 Å². The zero-order valence-corrected chi connectivity index (χ0v) is 11.3. The highest BCUT2D eigenvalue weighted by Gasteiger charge is 2.26. The zero-order valence-electron chi connectivity index (χ0n) is 9.73. The van der Waals surface area contributed by atoms with E-state index in [2.05, 4.69) is 46.5 Å². The number of hydrogen-bond donors (Lipinski definition) is 0. The van der Waals surface area contributed by atoms with Crippen molar-refractivity contribution in [2.45, 2.75) is 52.4 Å². The summed E-state index contributed by atoms with van der Waals surface area (Å²) in [5, 5.41) is 1.12. The van der Waals surface area contributed by atoms with Crippen LogP contribution in [0.5, 0.6) is 0 Å². The Bertz CT molecular complexity index is 328. The molecule has 0 aromatic carbocycles. The van der Waals surface area contributed by atoms with Crippen LogP contribution in [-0.2, 0) is 10.8 Å². The molecule has 3 heteroatoms. The fourth-order valence-corrected chi connectivity index (χ4v) is 2.69. The summed E-state index contributed by atoms with van der Waals surface area (Å²) in [5.74, 6) is 0. The van der Waals surface area contributed by atoms with Gasteiger partial charge >= 0.3 is 0 Å². The first-order chi connectivity index (χ1) is 6.12. The van der Waals surface area contributed by atoms with Crippen LogP contribution in [0.4, 0.5) is 0 Å². The minimum absolute atomic E-state index is 0.0388. The molecule has 0 spiro atoms. The van der Waals surface area contributed by atoms with E-state index in [4.69, 9.17) is 11.6 Å². The second-order valence-corrected chi connectivity index (χ2v) is 7.24. The number of thiazole rings is 1. The van der Waals surface area contributed by atoms with Crippen LogP contribution in [0.1, 0.15) is 52.2 Å². The van der Waals surface area contributed by atoms with Gasteiger partial charge in [-0.15, -0.1) is 11.3 Å². The van der Waals surface area contributed by atoms with Gasteiger partial charge in [0.2, 0.25) is 0 Å². The molecule has 0 saturated heterocycles. The summed E-state index contributed by atoms with van der Waals surface area (Å²) >= 11 is 7.79. The second-order valence-electron chi connectivity index (χ2n) is 5.64. The summed E-state index contributed by atoms with van der Waals surface area (Å²) < 4.78 is 0.836. The Morgan fingerprint density at radius 3 is 1.71 bits per heavy atom. The van der Waals surface area contributed by atoms with Gasteiger partial charge in [-0.05, 0) is 0 Å². The van der Waals surface area contributed by atoms with E-state index >= 15 is 0 Å². The summed E-state index contributed by atoms with van der Waals surface area (Å²) in [6.45, 7) is 12.9. The lowest BCUT2D eigenvalue weighted by molar-refractivity contribution is 0.547. The topological polar surface area (TPSA) is 12.9 Å². The molecule has 0 unspecified atom stereocenters. The Kier molecular flexibility index (Phi) is 2.99. The summed E-state index contributed by atoms with van der Waals surface area (Å²) in [5.41, 5.74) is 1.16. The Morgan fingerprint density at radius 1 is 1.00 bits per heavy atom. The molecule has 1 aromatic heterocycles. The van der Waals surface area contributed by atoms with E-state index in [9.17, 15) is 0 Å². The average Bonchev–Trinajstić information content (AvgIpc) is 2.27. The van der Waals surface area contributed by atoms with E-state index < -0.39 is 0 Å². The smallest absolute Gasteiger partial charge is 0.117 e. The van der Waals surface area contributed by atoms with Gasteiger partial charge in [-0.2, -0.15) is 0 Å². The van der Waals surface area contributed by atoms with Crippen molar-refractivity contribution < 1.29 is 0 Å². The molecule has 0 aliphatic carbocycles. The standard InChI is InChI=1S/C11H18ClNS/c1-10(2,3)7-8(12)14-9(13-7)11(4,5)6/h1-6H3. The molecule has 0 N–H and O–H groups in total. The Morgan fingerprint density at radius 2 is 1.50 bits per heavy atom. The SMILES string of the molecule is CC(C)(C)c1nc(C(C)(C)C)c(Cl)s1. The van der Waals surface area contributed by atoms with Crippen molar-refractivity contribution in [2.75, 3.05) is 0 Å². The van der Waals surface area contributed by atoms with Crippen molar-refractivity contribution in [1.82, 2.24) is 4.98 Å². The molecule has 1 rings (SSSR count). The van der Waals surface area contributed by atoms with Gasteiger partial charge in [-0.25, -0.2) is 4.98 Å². The van der Waals surface area contributed by atoms with Crippen molar-refractivity contribution in [3.05, 3.63) is 15.0 Å². The summed E-state index contributed by atoms with van der Waals surface area (Å²) in [7, 11) is 0. The van der Waals surface area contributed by atoms with Crippen LogP contribution in [0.25, 0.3) is 0 Å². The number of nitrogens with zero attached hydrogens (tertiary/aromatic N) is 1. The van der Waals surface area contributed by atoms with Crippen LogP contribution in [-0.4, -0.2) is 4.98 Å². The molecular weight excluding hydrogens is 214 g/mol. The minimum Gasteiger partial charge on any atom is -0.244 e. The van der Waals surface area contributed by atoms with Gasteiger partial charge in [0.15, 0.2) is 0 Å². The molecule has 0 radical (unpaired) electrons. The second kappa shape index (κ2) is 3.49. The zero-order chi connectivity index (χ0) is 11.1. The molecule has 0 atom stereocenters. The first-order valence-corrected chi connectivity index (χ1v) is 5.99. The molecular formula is C11H18ClNS. The lowest BCUT2D eigenvalue weighted by Gasteiger charge is -2.17. The third-order valence-electron chi connectivity index (χ3n) is 1.94. The maximum atomic E-state index is 6.19. The number of rotatable bonds is 0. The van der Waals surface area contributed by atoms with E-state index in [-0.39, 0.29) is 10.8 Å². The quantitative estimate of drug-likeness (QED) is 0.645. The van der Waals surface area contributed by atoms with Crippen LogP contribution < -0.4 is 0 Å². The van der Waals surface area contributed by atoms with E-state index in [1.165, 1.54) is 0 Å². The van der Waals surface area contributed by atoms with E-state index in [1.807, 2.05) is 0 Å². The van der Waals surface area contributed by atoms with E-state index in [0.717, 1.165) is 15.0 Å².